The minimum Gasteiger partial charge on any atom is -0.377 e. The number of aromatic nitrogens is 1. The summed E-state index contributed by atoms with van der Waals surface area (Å²) in [6, 6.07) is 0. The summed E-state index contributed by atoms with van der Waals surface area (Å²) in [7, 11) is -3.35. The van der Waals surface area contributed by atoms with Crippen LogP contribution < -0.4 is 4.72 Å². The van der Waals surface area contributed by atoms with Crippen LogP contribution in [0.15, 0.2) is 0 Å². The summed E-state index contributed by atoms with van der Waals surface area (Å²) in [5.41, 5.74) is 0.727. The maximum Gasteiger partial charge on any atom is 0.235 e. The minimum atomic E-state index is -3.35. The van der Waals surface area contributed by atoms with Crippen LogP contribution in [0.2, 0.25) is 0 Å². The van der Waals surface area contributed by atoms with Crippen molar-refractivity contribution >= 4 is 26.4 Å². The van der Waals surface area contributed by atoms with Crippen molar-refractivity contribution in [1.82, 2.24) is 4.98 Å². The van der Waals surface area contributed by atoms with Crippen molar-refractivity contribution in [2.75, 3.05) is 17.1 Å². The third kappa shape index (κ3) is 3.66. The number of hydrogen-bond donors (Lipinski definition) is 1. The van der Waals surface area contributed by atoms with Crippen LogP contribution in [0.5, 0.6) is 0 Å². The number of thiazole rings is 1. The number of nitrogens with one attached hydrogen (secondary N) is 1. The standard InChI is InChI=1S/C11H18N2O3S2/c1-8-11(17-9(2)12-8)13-18(14,15)7-10-5-3-4-6-16-10/h10,13H,3-7H2,1-2H3/t10-/m0/s1. The van der Waals surface area contributed by atoms with Gasteiger partial charge in [-0.2, -0.15) is 0 Å². The number of aryl methyl sites for hydroxylation is 2. The smallest absolute Gasteiger partial charge is 0.235 e. The third-order valence-corrected chi connectivity index (χ3v) is 5.27. The van der Waals surface area contributed by atoms with Crippen LogP contribution in [0.1, 0.15) is 30.0 Å². The Bertz CT molecular complexity index is 504. The molecule has 0 saturated carbocycles. The molecule has 1 fully saturated rings. The Morgan fingerprint density at radius 1 is 1.44 bits per heavy atom. The maximum atomic E-state index is 12.0. The van der Waals surface area contributed by atoms with E-state index in [1.54, 1.807) is 6.92 Å². The van der Waals surface area contributed by atoms with Crippen molar-refractivity contribution in [1.29, 1.82) is 0 Å². The van der Waals surface area contributed by atoms with E-state index in [9.17, 15) is 8.42 Å². The van der Waals surface area contributed by atoms with Gasteiger partial charge in [0.15, 0.2) is 0 Å². The lowest BCUT2D eigenvalue weighted by Gasteiger charge is -2.22. The molecule has 0 spiro atoms. The van der Waals surface area contributed by atoms with Crippen molar-refractivity contribution in [2.24, 2.45) is 0 Å². The van der Waals surface area contributed by atoms with E-state index in [0.29, 0.717) is 11.6 Å². The van der Waals surface area contributed by atoms with Gasteiger partial charge in [0, 0.05) is 6.61 Å². The predicted octanol–water partition coefficient (Wildman–Crippen LogP) is 2.07. The summed E-state index contributed by atoms with van der Waals surface area (Å²) in [5, 5.41) is 1.47. The third-order valence-electron chi connectivity index (χ3n) is 2.83. The van der Waals surface area contributed by atoms with Gasteiger partial charge in [-0.3, -0.25) is 4.72 Å². The lowest BCUT2D eigenvalue weighted by molar-refractivity contribution is 0.0306. The molecule has 7 heteroatoms. The predicted molar refractivity (Wildman–Crippen MR) is 72.6 cm³/mol. The molecule has 1 aliphatic rings. The van der Waals surface area contributed by atoms with Crippen molar-refractivity contribution in [3.05, 3.63) is 10.7 Å². The molecule has 1 aliphatic heterocycles. The highest BCUT2D eigenvalue weighted by molar-refractivity contribution is 7.92. The zero-order chi connectivity index (χ0) is 13.2. The fourth-order valence-electron chi connectivity index (χ4n) is 1.99. The fourth-order valence-corrected chi connectivity index (χ4v) is 4.48. The zero-order valence-electron chi connectivity index (χ0n) is 10.6. The molecule has 1 atom stereocenters. The van der Waals surface area contributed by atoms with E-state index < -0.39 is 10.0 Å². The van der Waals surface area contributed by atoms with Gasteiger partial charge in [0.25, 0.3) is 0 Å². The van der Waals surface area contributed by atoms with Crippen LogP contribution >= 0.6 is 11.3 Å². The van der Waals surface area contributed by atoms with Crippen molar-refractivity contribution in [2.45, 2.75) is 39.2 Å². The molecule has 0 aliphatic carbocycles. The first-order valence-electron chi connectivity index (χ1n) is 6.02. The van der Waals surface area contributed by atoms with Crippen molar-refractivity contribution in [3.63, 3.8) is 0 Å². The molecule has 0 radical (unpaired) electrons. The molecule has 1 aromatic rings. The summed E-state index contributed by atoms with van der Waals surface area (Å²) in [6.45, 7) is 4.33. The van der Waals surface area contributed by atoms with E-state index in [1.165, 1.54) is 11.3 Å². The number of anilines is 1. The van der Waals surface area contributed by atoms with E-state index in [0.717, 1.165) is 30.0 Å². The Labute approximate surface area is 112 Å². The molecule has 0 bridgehead atoms. The molecule has 5 nitrogen and oxygen atoms in total. The van der Waals surface area contributed by atoms with Gasteiger partial charge in [0.05, 0.1) is 22.6 Å². The minimum absolute atomic E-state index is 0.0311. The summed E-state index contributed by atoms with van der Waals surface area (Å²) < 4.78 is 32.1. The SMILES string of the molecule is Cc1nc(C)c(NS(=O)(=O)C[C@@H]2CCCCO2)s1. The van der Waals surface area contributed by atoms with Gasteiger partial charge in [-0.15, -0.1) is 11.3 Å². The van der Waals surface area contributed by atoms with Crippen LogP contribution in [-0.2, 0) is 14.8 Å². The van der Waals surface area contributed by atoms with Crippen LogP contribution in [0.3, 0.4) is 0 Å². The summed E-state index contributed by atoms with van der Waals surface area (Å²) in [6.07, 6.45) is 2.71. The highest BCUT2D eigenvalue weighted by Gasteiger charge is 2.23. The molecule has 18 heavy (non-hydrogen) atoms. The van der Waals surface area contributed by atoms with E-state index in [2.05, 4.69) is 9.71 Å². The molecule has 0 amide bonds. The maximum absolute atomic E-state index is 12.0. The van der Waals surface area contributed by atoms with Crippen molar-refractivity contribution < 1.29 is 13.2 Å². The summed E-state index contributed by atoms with van der Waals surface area (Å²) in [4.78, 5) is 4.20. The van der Waals surface area contributed by atoms with E-state index >= 15 is 0 Å². The Morgan fingerprint density at radius 2 is 2.22 bits per heavy atom. The topological polar surface area (TPSA) is 68.3 Å². The quantitative estimate of drug-likeness (QED) is 0.921. The molecule has 1 N–H and O–H groups in total. The number of hydrogen-bond acceptors (Lipinski definition) is 5. The van der Waals surface area contributed by atoms with Gasteiger partial charge in [0.1, 0.15) is 5.00 Å². The van der Waals surface area contributed by atoms with Crippen LogP contribution in [-0.4, -0.2) is 31.9 Å². The van der Waals surface area contributed by atoms with E-state index in [4.69, 9.17) is 4.74 Å². The fraction of sp³-hybridized carbons (Fsp3) is 0.727. The first-order chi connectivity index (χ1) is 8.46. The monoisotopic (exact) mass is 290 g/mol. The van der Waals surface area contributed by atoms with Gasteiger partial charge in [-0.05, 0) is 33.1 Å². The molecule has 102 valence electrons. The first-order valence-corrected chi connectivity index (χ1v) is 8.49. The number of nitrogens with zero attached hydrogens (tertiary/aromatic N) is 1. The highest BCUT2D eigenvalue weighted by Crippen LogP contribution is 2.25. The largest absolute Gasteiger partial charge is 0.377 e. The van der Waals surface area contributed by atoms with Gasteiger partial charge in [-0.25, -0.2) is 13.4 Å². The molecule has 1 saturated heterocycles. The zero-order valence-corrected chi connectivity index (χ0v) is 12.2. The Balaban J connectivity index is 2.00. The Kier molecular flexibility index (Phi) is 4.24. The van der Waals surface area contributed by atoms with Gasteiger partial charge >= 0.3 is 0 Å². The van der Waals surface area contributed by atoms with Gasteiger partial charge < -0.3 is 4.74 Å². The average molecular weight is 290 g/mol. The Morgan fingerprint density at radius 3 is 2.78 bits per heavy atom. The van der Waals surface area contributed by atoms with Crippen LogP contribution in [0.4, 0.5) is 5.00 Å². The number of rotatable bonds is 4. The molecule has 2 rings (SSSR count). The van der Waals surface area contributed by atoms with Gasteiger partial charge in [-0.1, -0.05) is 0 Å². The van der Waals surface area contributed by atoms with Gasteiger partial charge in [0.2, 0.25) is 10.0 Å². The molecule has 2 heterocycles. The number of sulfonamides is 1. The molecular weight excluding hydrogens is 272 g/mol. The summed E-state index contributed by atoms with van der Waals surface area (Å²) >= 11 is 1.36. The van der Waals surface area contributed by atoms with Crippen LogP contribution in [0, 0.1) is 13.8 Å². The second-order valence-electron chi connectivity index (χ2n) is 4.52. The Hall–Kier alpha value is -0.660. The molecule has 0 aromatic carbocycles. The van der Waals surface area contributed by atoms with E-state index in [-0.39, 0.29) is 11.9 Å². The van der Waals surface area contributed by atoms with Crippen molar-refractivity contribution in [3.8, 4) is 0 Å². The normalized spacial score (nSPS) is 20.9. The lowest BCUT2D eigenvalue weighted by atomic mass is 10.1. The second-order valence-corrected chi connectivity index (χ2v) is 7.49. The summed E-state index contributed by atoms with van der Waals surface area (Å²) in [5.74, 6) is 0.0311. The average Bonchev–Trinajstić information content (AvgIpc) is 2.57. The number of ether oxygens (including phenoxy) is 1. The molecular formula is C11H18N2O3S2. The van der Waals surface area contributed by atoms with Crippen LogP contribution in [0.25, 0.3) is 0 Å². The highest BCUT2D eigenvalue weighted by atomic mass is 32.2. The first kappa shape index (κ1) is 13.8. The molecule has 0 unspecified atom stereocenters. The lowest BCUT2D eigenvalue weighted by Crippen LogP contribution is -2.30. The van der Waals surface area contributed by atoms with E-state index in [1.807, 2.05) is 6.92 Å². The second kappa shape index (κ2) is 5.54. The molecule has 1 aromatic heterocycles.